The number of nitrogens with zero attached hydrogens (tertiary/aromatic N) is 2. The van der Waals surface area contributed by atoms with Gasteiger partial charge in [0, 0.05) is 56.4 Å². The molecule has 1 saturated carbocycles. The molecule has 2 aliphatic rings. The highest BCUT2D eigenvalue weighted by molar-refractivity contribution is 6.02. The number of rotatable bonds is 8. The van der Waals surface area contributed by atoms with Gasteiger partial charge < -0.3 is 20.4 Å². The van der Waals surface area contributed by atoms with Gasteiger partial charge >= 0.3 is 0 Å². The zero-order valence-corrected chi connectivity index (χ0v) is 20.4. The van der Waals surface area contributed by atoms with Crippen molar-refractivity contribution >= 4 is 29.1 Å². The Morgan fingerprint density at radius 3 is 2.31 bits per heavy atom. The maximum atomic E-state index is 13.2. The highest BCUT2D eigenvalue weighted by atomic mass is 19.1. The number of anilines is 2. The fraction of sp³-hybridized carbons (Fsp3) is 0.444. The Hall–Kier alpha value is -3.42. The van der Waals surface area contributed by atoms with Crippen LogP contribution in [0.15, 0.2) is 42.5 Å². The van der Waals surface area contributed by atoms with Gasteiger partial charge in [0.15, 0.2) is 0 Å². The number of benzene rings is 2. The third-order valence-corrected chi connectivity index (χ3v) is 6.34. The van der Waals surface area contributed by atoms with Gasteiger partial charge in [0.2, 0.25) is 11.8 Å². The molecule has 0 unspecified atom stereocenters. The minimum atomic E-state index is -0.327. The van der Waals surface area contributed by atoms with Gasteiger partial charge in [-0.3, -0.25) is 14.4 Å². The smallest absolute Gasteiger partial charge is 0.253 e. The van der Waals surface area contributed by atoms with Crippen LogP contribution in [-0.2, 0) is 16.1 Å². The molecule has 1 aliphatic carbocycles. The predicted octanol–water partition coefficient (Wildman–Crippen LogP) is 3.80. The van der Waals surface area contributed by atoms with Crippen LogP contribution in [0, 0.1) is 17.7 Å². The third-order valence-electron chi connectivity index (χ3n) is 6.34. The normalized spacial score (nSPS) is 15.8. The molecule has 0 bridgehead atoms. The summed E-state index contributed by atoms with van der Waals surface area (Å²) in [6, 6.07) is 11.4. The lowest BCUT2D eigenvalue weighted by Gasteiger charge is -2.37. The first-order valence-electron chi connectivity index (χ1n) is 12.3. The van der Waals surface area contributed by atoms with E-state index in [0.29, 0.717) is 43.9 Å². The summed E-state index contributed by atoms with van der Waals surface area (Å²) >= 11 is 0. The lowest BCUT2D eigenvalue weighted by atomic mass is 10.1. The van der Waals surface area contributed by atoms with E-state index in [2.05, 4.69) is 15.5 Å². The zero-order valence-electron chi connectivity index (χ0n) is 20.4. The molecular formula is C27H33FN4O3. The Morgan fingerprint density at radius 2 is 1.69 bits per heavy atom. The molecule has 2 aromatic rings. The number of hydrogen-bond donors (Lipinski definition) is 2. The first-order valence-corrected chi connectivity index (χ1v) is 12.3. The molecule has 2 aromatic carbocycles. The number of carbonyl (C=O) groups is 3. The fourth-order valence-corrected chi connectivity index (χ4v) is 4.29. The molecule has 0 radical (unpaired) electrons. The second-order valence-electron chi connectivity index (χ2n) is 9.77. The second-order valence-corrected chi connectivity index (χ2v) is 9.77. The van der Waals surface area contributed by atoms with Crippen LogP contribution >= 0.6 is 0 Å². The molecule has 2 N–H and O–H groups in total. The van der Waals surface area contributed by atoms with Crippen LogP contribution in [-0.4, -0.2) is 48.8 Å². The number of carbonyl (C=O) groups excluding carboxylic acids is 3. The van der Waals surface area contributed by atoms with Gasteiger partial charge in [-0.15, -0.1) is 0 Å². The van der Waals surface area contributed by atoms with E-state index in [1.807, 2.05) is 30.9 Å². The van der Waals surface area contributed by atoms with Gasteiger partial charge in [-0.25, -0.2) is 4.39 Å². The maximum Gasteiger partial charge on any atom is 0.253 e. The summed E-state index contributed by atoms with van der Waals surface area (Å²) in [5, 5.41) is 5.80. The molecule has 35 heavy (non-hydrogen) atoms. The molecular weight excluding hydrogens is 447 g/mol. The van der Waals surface area contributed by atoms with E-state index >= 15 is 0 Å². The Morgan fingerprint density at radius 1 is 1.00 bits per heavy atom. The van der Waals surface area contributed by atoms with Gasteiger partial charge in [-0.1, -0.05) is 26.0 Å². The number of halogens is 1. The van der Waals surface area contributed by atoms with Crippen LogP contribution in [0.5, 0.6) is 0 Å². The highest BCUT2D eigenvalue weighted by Crippen LogP contribution is 2.32. The standard InChI is InChI=1S/C27H33FN4O3/c1-18(2)15-25(33)30-22-9-10-24(31-11-13-32(14-12-31)27(35)20-5-6-20)23(16-22)26(34)29-17-19-3-7-21(28)8-4-19/h3-4,7-10,16,18,20H,5-6,11-15,17H2,1-2H3,(H,29,34)(H,30,33). The van der Waals surface area contributed by atoms with Gasteiger partial charge in [0.1, 0.15) is 5.82 Å². The first-order chi connectivity index (χ1) is 16.8. The summed E-state index contributed by atoms with van der Waals surface area (Å²) in [6.07, 6.45) is 2.37. The lowest BCUT2D eigenvalue weighted by Crippen LogP contribution is -2.49. The van der Waals surface area contributed by atoms with Crippen molar-refractivity contribution in [1.29, 1.82) is 0 Å². The van der Waals surface area contributed by atoms with Crippen molar-refractivity contribution in [3.8, 4) is 0 Å². The molecule has 8 heteroatoms. The average molecular weight is 481 g/mol. The van der Waals surface area contributed by atoms with Crippen molar-refractivity contribution in [3.63, 3.8) is 0 Å². The quantitative estimate of drug-likeness (QED) is 0.602. The molecule has 186 valence electrons. The molecule has 1 heterocycles. The van der Waals surface area contributed by atoms with Gasteiger partial charge in [0.25, 0.3) is 5.91 Å². The molecule has 2 fully saturated rings. The van der Waals surface area contributed by atoms with E-state index in [-0.39, 0.29) is 41.9 Å². The van der Waals surface area contributed by atoms with Gasteiger partial charge in [-0.05, 0) is 54.7 Å². The summed E-state index contributed by atoms with van der Waals surface area (Å²) in [5.41, 5.74) is 2.57. The van der Waals surface area contributed by atoms with E-state index < -0.39 is 0 Å². The predicted molar refractivity (Wildman–Crippen MR) is 134 cm³/mol. The summed E-state index contributed by atoms with van der Waals surface area (Å²) in [5.74, 6) is -0.0412. The van der Waals surface area contributed by atoms with E-state index in [0.717, 1.165) is 24.1 Å². The largest absolute Gasteiger partial charge is 0.367 e. The highest BCUT2D eigenvalue weighted by Gasteiger charge is 2.35. The van der Waals surface area contributed by atoms with E-state index in [4.69, 9.17) is 0 Å². The molecule has 1 saturated heterocycles. The Bertz CT molecular complexity index is 1070. The maximum absolute atomic E-state index is 13.2. The topological polar surface area (TPSA) is 81.8 Å². The zero-order chi connectivity index (χ0) is 24.9. The second kappa shape index (κ2) is 10.9. The minimum absolute atomic E-state index is 0.0994. The summed E-state index contributed by atoms with van der Waals surface area (Å²) in [4.78, 5) is 42.0. The van der Waals surface area contributed by atoms with Crippen LogP contribution in [0.25, 0.3) is 0 Å². The first kappa shape index (κ1) is 24.7. The molecule has 4 rings (SSSR count). The number of hydrogen-bond acceptors (Lipinski definition) is 4. The van der Waals surface area contributed by atoms with Crippen molar-refractivity contribution < 1.29 is 18.8 Å². The molecule has 0 spiro atoms. The monoisotopic (exact) mass is 480 g/mol. The number of amides is 3. The molecule has 1 aliphatic heterocycles. The fourth-order valence-electron chi connectivity index (χ4n) is 4.29. The van der Waals surface area contributed by atoms with Crippen molar-refractivity contribution in [1.82, 2.24) is 10.2 Å². The van der Waals surface area contributed by atoms with Crippen LogP contribution in [0.1, 0.15) is 49.0 Å². The Balaban J connectivity index is 1.50. The Kier molecular flexibility index (Phi) is 7.68. The summed E-state index contributed by atoms with van der Waals surface area (Å²) in [7, 11) is 0. The van der Waals surface area contributed by atoms with Crippen LogP contribution in [0.2, 0.25) is 0 Å². The SMILES string of the molecule is CC(C)CC(=O)Nc1ccc(N2CCN(C(=O)C3CC3)CC2)c(C(=O)NCc2ccc(F)cc2)c1. The minimum Gasteiger partial charge on any atom is -0.367 e. The van der Waals surface area contributed by atoms with E-state index in [9.17, 15) is 18.8 Å². The Labute approximate surface area is 205 Å². The average Bonchev–Trinajstić information content (AvgIpc) is 3.68. The van der Waals surface area contributed by atoms with Gasteiger partial charge in [0.05, 0.1) is 5.56 Å². The van der Waals surface area contributed by atoms with E-state index in [1.165, 1.54) is 12.1 Å². The summed E-state index contributed by atoms with van der Waals surface area (Å²) in [6.45, 7) is 6.73. The molecule has 7 nitrogen and oxygen atoms in total. The van der Waals surface area contributed by atoms with Crippen molar-refractivity contribution in [3.05, 3.63) is 59.4 Å². The molecule has 0 atom stereocenters. The molecule has 3 amide bonds. The van der Waals surface area contributed by atoms with Crippen molar-refractivity contribution in [2.24, 2.45) is 11.8 Å². The number of piperazine rings is 1. The van der Waals surface area contributed by atoms with E-state index in [1.54, 1.807) is 18.2 Å². The van der Waals surface area contributed by atoms with Crippen molar-refractivity contribution in [2.75, 3.05) is 36.4 Å². The summed E-state index contributed by atoms with van der Waals surface area (Å²) < 4.78 is 13.2. The van der Waals surface area contributed by atoms with Gasteiger partial charge in [-0.2, -0.15) is 0 Å². The lowest BCUT2D eigenvalue weighted by molar-refractivity contribution is -0.132. The van der Waals surface area contributed by atoms with Crippen LogP contribution in [0.4, 0.5) is 15.8 Å². The van der Waals surface area contributed by atoms with Crippen molar-refractivity contribution in [2.45, 2.75) is 39.7 Å². The van der Waals surface area contributed by atoms with Crippen LogP contribution in [0.3, 0.4) is 0 Å². The third kappa shape index (κ3) is 6.59. The number of nitrogens with one attached hydrogen (secondary N) is 2. The molecule has 0 aromatic heterocycles. The van der Waals surface area contributed by atoms with Crippen LogP contribution < -0.4 is 15.5 Å².